The Morgan fingerprint density at radius 2 is 1.50 bits per heavy atom. The Morgan fingerprint density at radius 1 is 0.864 bits per heavy atom. The van der Waals surface area contributed by atoms with Gasteiger partial charge in [0.15, 0.2) is 5.78 Å². The SMILES string of the molecule is Cc1ccc(S(=O)(=O)/N=C2\C=CC(=O)c3ccccc32)cc1. The highest BCUT2D eigenvalue weighted by atomic mass is 32.2. The van der Waals surface area contributed by atoms with Gasteiger partial charge in [-0.1, -0.05) is 42.0 Å². The Kier molecular flexibility index (Phi) is 3.50. The number of carbonyl (C=O) groups excluding carboxylic acids is 1. The number of allylic oxidation sites excluding steroid dienone is 2. The predicted octanol–water partition coefficient (Wildman–Crippen LogP) is 2.93. The van der Waals surface area contributed by atoms with Crippen molar-refractivity contribution >= 4 is 21.5 Å². The zero-order valence-electron chi connectivity index (χ0n) is 11.9. The van der Waals surface area contributed by atoms with Crippen LogP contribution in [0.25, 0.3) is 0 Å². The van der Waals surface area contributed by atoms with E-state index in [2.05, 4.69) is 4.40 Å². The highest BCUT2D eigenvalue weighted by Crippen LogP contribution is 2.20. The quantitative estimate of drug-likeness (QED) is 0.856. The summed E-state index contributed by atoms with van der Waals surface area (Å²) in [6.07, 6.45) is 2.78. The first-order chi connectivity index (χ1) is 10.5. The van der Waals surface area contributed by atoms with Crippen LogP contribution in [0.4, 0.5) is 0 Å². The lowest BCUT2D eigenvalue weighted by atomic mass is 9.95. The Labute approximate surface area is 128 Å². The van der Waals surface area contributed by atoms with E-state index in [1.165, 1.54) is 24.3 Å². The number of aryl methyl sites for hydroxylation is 1. The fourth-order valence-corrected chi connectivity index (χ4v) is 3.23. The lowest BCUT2D eigenvalue weighted by Gasteiger charge is -2.11. The molecule has 0 aromatic heterocycles. The summed E-state index contributed by atoms with van der Waals surface area (Å²) in [7, 11) is -3.81. The first-order valence-electron chi connectivity index (χ1n) is 6.71. The molecule has 0 amide bonds. The van der Waals surface area contributed by atoms with Crippen LogP contribution in [0, 0.1) is 6.92 Å². The van der Waals surface area contributed by atoms with Gasteiger partial charge in [-0.15, -0.1) is 0 Å². The zero-order chi connectivity index (χ0) is 15.7. The topological polar surface area (TPSA) is 63.6 Å². The first-order valence-corrected chi connectivity index (χ1v) is 8.15. The van der Waals surface area contributed by atoms with Gasteiger partial charge in [-0.3, -0.25) is 4.79 Å². The lowest BCUT2D eigenvalue weighted by molar-refractivity contribution is 0.104. The van der Waals surface area contributed by atoms with Crippen LogP contribution in [-0.4, -0.2) is 19.9 Å². The molecule has 1 aliphatic carbocycles. The minimum atomic E-state index is -3.81. The fraction of sp³-hybridized carbons (Fsp3) is 0.0588. The second-order valence-electron chi connectivity index (χ2n) is 5.01. The summed E-state index contributed by atoms with van der Waals surface area (Å²) < 4.78 is 28.7. The van der Waals surface area contributed by atoms with E-state index < -0.39 is 10.0 Å². The van der Waals surface area contributed by atoms with E-state index in [-0.39, 0.29) is 16.4 Å². The van der Waals surface area contributed by atoms with Gasteiger partial charge in [0.25, 0.3) is 10.0 Å². The number of benzene rings is 2. The van der Waals surface area contributed by atoms with Crippen LogP contribution < -0.4 is 0 Å². The predicted molar refractivity (Wildman–Crippen MR) is 84.8 cm³/mol. The maximum Gasteiger partial charge on any atom is 0.282 e. The molecule has 0 radical (unpaired) electrons. The first kappa shape index (κ1) is 14.4. The number of hydrogen-bond acceptors (Lipinski definition) is 3. The fourth-order valence-electron chi connectivity index (χ4n) is 2.23. The molecule has 0 aliphatic heterocycles. The molecular weight excluding hydrogens is 298 g/mol. The van der Waals surface area contributed by atoms with Crippen molar-refractivity contribution < 1.29 is 13.2 Å². The van der Waals surface area contributed by atoms with Gasteiger partial charge in [0.2, 0.25) is 0 Å². The molecule has 2 aromatic rings. The molecule has 0 saturated carbocycles. The summed E-state index contributed by atoms with van der Waals surface area (Å²) in [5.74, 6) is -0.151. The molecule has 0 bridgehead atoms. The number of ketones is 1. The second kappa shape index (κ2) is 5.35. The van der Waals surface area contributed by atoms with E-state index in [0.717, 1.165) is 5.56 Å². The van der Waals surface area contributed by atoms with Crippen molar-refractivity contribution in [2.75, 3.05) is 0 Å². The lowest BCUT2D eigenvalue weighted by Crippen LogP contribution is -2.14. The summed E-state index contributed by atoms with van der Waals surface area (Å²) in [6, 6.07) is 13.3. The summed E-state index contributed by atoms with van der Waals surface area (Å²) in [6.45, 7) is 1.88. The highest BCUT2D eigenvalue weighted by molar-refractivity contribution is 7.90. The van der Waals surface area contributed by atoms with Crippen LogP contribution in [0.15, 0.2) is 70.0 Å². The van der Waals surface area contributed by atoms with Crippen molar-refractivity contribution in [3.8, 4) is 0 Å². The van der Waals surface area contributed by atoms with E-state index >= 15 is 0 Å². The molecule has 0 saturated heterocycles. The molecule has 0 unspecified atom stereocenters. The van der Waals surface area contributed by atoms with Crippen LogP contribution in [0.5, 0.6) is 0 Å². The van der Waals surface area contributed by atoms with Crippen molar-refractivity contribution in [3.63, 3.8) is 0 Å². The van der Waals surface area contributed by atoms with Gasteiger partial charge in [-0.2, -0.15) is 12.8 Å². The van der Waals surface area contributed by atoms with Crippen LogP contribution in [0.3, 0.4) is 0 Å². The number of hydrogen-bond donors (Lipinski definition) is 0. The molecule has 3 rings (SSSR count). The summed E-state index contributed by atoms with van der Waals surface area (Å²) in [4.78, 5) is 11.9. The van der Waals surface area contributed by atoms with E-state index in [0.29, 0.717) is 11.1 Å². The monoisotopic (exact) mass is 311 g/mol. The van der Waals surface area contributed by atoms with Gasteiger partial charge in [0.1, 0.15) is 0 Å². The molecule has 0 fully saturated rings. The van der Waals surface area contributed by atoms with Gasteiger partial charge in [-0.05, 0) is 31.2 Å². The largest absolute Gasteiger partial charge is 0.289 e. The molecule has 2 aromatic carbocycles. The smallest absolute Gasteiger partial charge is 0.282 e. The summed E-state index contributed by atoms with van der Waals surface area (Å²) in [5.41, 5.74) is 2.24. The van der Waals surface area contributed by atoms with Gasteiger partial charge in [0.05, 0.1) is 10.6 Å². The standard InChI is InChI=1S/C17H13NO3S/c1-12-6-8-13(9-7-12)22(20,21)18-16-10-11-17(19)15-5-3-2-4-14(15)16/h2-11H,1H3/b18-16+. The number of carbonyl (C=O) groups is 1. The van der Waals surface area contributed by atoms with Gasteiger partial charge in [0, 0.05) is 11.1 Å². The van der Waals surface area contributed by atoms with Crippen LogP contribution in [0.2, 0.25) is 0 Å². The van der Waals surface area contributed by atoms with Gasteiger partial charge < -0.3 is 0 Å². The Bertz CT molecular complexity index is 907. The number of nitrogens with zero attached hydrogens (tertiary/aromatic N) is 1. The third-order valence-corrected chi connectivity index (χ3v) is 4.70. The van der Waals surface area contributed by atoms with Crippen molar-refractivity contribution in [2.45, 2.75) is 11.8 Å². The Balaban J connectivity index is 2.10. The Hall–Kier alpha value is -2.53. The molecule has 110 valence electrons. The third kappa shape index (κ3) is 2.63. The second-order valence-corrected chi connectivity index (χ2v) is 6.61. The maximum absolute atomic E-state index is 12.4. The van der Waals surface area contributed by atoms with Gasteiger partial charge in [-0.25, -0.2) is 0 Å². The van der Waals surface area contributed by atoms with E-state index in [9.17, 15) is 13.2 Å². The maximum atomic E-state index is 12.4. The molecule has 0 spiro atoms. The number of sulfonamides is 1. The minimum Gasteiger partial charge on any atom is -0.289 e. The average Bonchev–Trinajstić information content (AvgIpc) is 2.51. The minimum absolute atomic E-state index is 0.133. The van der Waals surface area contributed by atoms with Crippen molar-refractivity contribution in [1.82, 2.24) is 0 Å². The molecule has 22 heavy (non-hydrogen) atoms. The van der Waals surface area contributed by atoms with Crippen molar-refractivity contribution in [3.05, 3.63) is 77.4 Å². The molecular formula is C17H13NO3S. The van der Waals surface area contributed by atoms with Crippen LogP contribution in [0.1, 0.15) is 21.5 Å². The Morgan fingerprint density at radius 3 is 2.18 bits per heavy atom. The molecule has 4 nitrogen and oxygen atoms in total. The summed E-state index contributed by atoms with van der Waals surface area (Å²) in [5, 5.41) is 0. The molecule has 1 aliphatic rings. The molecule has 0 heterocycles. The highest BCUT2D eigenvalue weighted by Gasteiger charge is 2.20. The van der Waals surface area contributed by atoms with E-state index in [1.807, 2.05) is 6.92 Å². The van der Waals surface area contributed by atoms with E-state index in [1.54, 1.807) is 36.4 Å². The normalized spacial score (nSPS) is 15.9. The van der Waals surface area contributed by atoms with Crippen molar-refractivity contribution in [1.29, 1.82) is 0 Å². The zero-order valence-corrected chi connectivity index (χ0v) is 12.7. The number of rotatable bonds is 2. The molecule has 0 atom stereocenters. The third-order valence-electron chi connectivity index (χ3n) is 3.40. The molecule has 0 N–H and O–H groups in total. The molecule has 5 heteroatoms. The van der Waals surface area contributed by atoms with Crippen LogP contribution in [-0.2, 0) is 10.0 Å². The van der Waals surface area contributed by atoms with Crippen LogP contribution >= 0.6 is 0 Å². The van der Waals surface area contributed by atoms with Crippen molar-refractivity contribution in [2.24, 2.45) is 4.40 Å². The average molecular weight is 311 g/mol. The van der Waals surface area contributed by atoms with E-state index in [4.69, 9.17) is 0 Å². The number of fused-ring (bicyclic) bond motifs is 1. The summed E-state index contributed by atoms with van der Waals surface area (Å²) >= 11 is 0. The van der Waals surface area contributed by atoms with Gasteiger partial charge >= 0.3 is 0 Å².